The van der Waals surface area contributed by atoms with Gasteiger partial charge in [-0.1, -0.05) is 25.1 Å². The highest BCUT2D eigenvalue weighted by Gasteiger charge is 2.28. The first-order chi connectivity index (χ1) is 13.5. The molecule has 28 heavy (non-hydrogen) atoms. The maximum absolute atomic E-state index is 12.3. The van der Waals surface area contributed by atoms with Crippen LogP contribution in [0.2, 0.25) is 0 Å². The Balaban J connectivity index is 1.49. The molecule has 1 fully saturated rings. The van der Waals surface area contributed by atoms with Crippen molar-refractivity contribution in [3.63, 3.8) is 0 Å². The Morgan fingerprint density at radius 2 is 2.07 bits per heavy atom. The Hall–Kier alpha value is -2.81. The predicted molar refractivity (Wildman–Crippen MR) is 102 cm³/mol. The van der Waals surface area contributed by atoms with Crippen LogP contribution in [0.5, 0.6) is 0 Å². The zero-order valence-electron chi connectivity index (χ0n) is 16.2. The summed E-state index contributed by atoms with van der Waals surface area (Å²) in [5, 5.41) is 6.63. The number of likely N-dealkylation sites (tertiary alicyclic amines) is 1. The standard InChI is InChI=1S/C19H26N6O3/c1-12(2)16(20)18(27)22-11-15(26)25-9-6-13(7-10-25)19-23-17(24-28-19)14-5-3-4-8-21-14/h3-5,8,12-13,16H,6-7,9-11,20H2,1-2H3,(H,22,27)/t16-/m0/s1. The molecule has 0 aromatic carbocycles. The second-order valence-corrected chi connectivity index (χ2v) is 7.31. The SMILES string of the molecule is CC(C)[C@H](N)C(=O)NCC(=O)N1CCC(c2nc(-c3ccccn3)no2)CC1. The van der Waals surface area contributed by atoms with Crippen molar-refractivity contribution in [3.8, 4) is 11.5 Å². The van der Waals surface area contributed by atoms with Crippen LogP contribution in [-0.2, 0) is 9.59 Å². The number of pyridine rings is 1. The summed E-state index contributed by atoms with van der Waals surface area (Å²) in [6.45, 7) is 4.86. The minimum Gasteiger partial charge on any atom is -0.346 e. The fourth-order valence-corrected chi connectivity index (χ4v) is 3.07. The average molecular weight is 386 g/mol. The molecule has 0 aliphatic carbocycles. The maximum atomic E-state index is 12.3. The third-order valence-corrected chi connectivity index (χ3v) is 4.97. The molecule has 3 rings (SSSR count). The highest BCUT2D eigenvalue weighted by molar-refractivity contribution is 5.87. The number of carbonyl (C=O) groups is 2. The molecule has 2 aromatic heterocycles. The molecule has 3 N–H and O–H groups in total. The van der Waals surface area contributed by atoms with Gasteiger partial charge in [-0.2, -0.15) is 4.98 Å². The third-order valence-electron chi connectivity index (χ3n) is 4.97. The van der Waals surface area contributed by atoms with Gasteiger partial charge in [-0.15, -0.1) is 0 Å². The predicted octanol–water partition coefficient (Wildman–Crippen LogP) is 0.937. The van der Waals surface area contributed by atoms with Crippen molar-refractivity contribution in [1.82, 2.24) is 25.3 Å². The maximum Gasteiger partial charge on any atom is 0.241 e. The number of nitrogens with zero attached hydrogens (tertiary/aromatic N) is 4. The molecular weight excluding hydrogens is 360 g/mol. The van der Waals surface area contributed by atoms with Crippen LogP contribution < -0.4 is 11.1 Å². The van der Waals surface area contributed by atoms with Gasteiger partial charge in [-0.25, -0.2) is 0 Å². The largest absolute Gasteiger partial charge is 0.346 e. The molecule has 2 aromatic rings. The highest BCUT2D eigenvalue weighted by atomic mass is 16.5. The monoisotopic (exact) mass is 386 g/mol. The van der Waals surface area contributed by atoms with Crippen molar-refractivity contribution in [2.24, 2.45) is 11.7 Å². The molecule has 1 saturated heterocycles. The number of aromatic nitrogens is 3. The van der Waals surface area contributed by atoms with E-state index in [1.807, 2.05) is 32.0 Å². The first-order valence-corrected chi connectivity index (χ1v) is 9.51. The van der Waals surface area contributed by atoms with Gasteiger partial charge in [-0.3, -0.25) is 14.6 Å². The van der Waals surface area contributed by atoms with Crippen LogP contribution >= 0.6 is 0 Å². The Bertz CT molecular complexity index is 799. The highest BCUT2D eigenvalue weighted by Crippen LogP contribution is 2.28. The summed E-state index contributed by atoms with van der Waals surface area (Å²) < 4.78 is 5.41. The Morgan fingerprint density at radius 1 is 1.32 bits per heavy atom. The lowest BCUT2D eigenvalue weighted by Crippen LogP contribution is -2.49. The Labute approximate surface area is 163 Å². The van der Waals surface area contributed by atoms with Gasteiger partial charge in [0.25, 0.3) is 0 Å². The molecule has 2 amide bonds. The minimum atomic E-state index is -0.607. The number of nitrogens with two attached hydrogens (primary N) is 1. The molecule has 9 nitrogen and oxygen atoms in total. The number of hydrogen-bond donors (Lipinski definition) is 2. The van der Waals surface area contributed by atoms with E-state index in [-0.39, 0.29) is 30.2 Å². The van der Waals surface area contributed by atoms with E-state index in [0.29, 0.717) is 30.5 Å². The molecule has 9 heteroatoms. The number of carbonyl (C=O) groups excluding carboxylic acids is 2. The van der Waals surface area contributed by atoms with Gasteiger partial charge in [0, 0.05) is 25.2 Å². The number of amides is 2. The second kappa shape index (κ2) is 8.92. The topological polar surface area (TPSA) is 127 Å². The molecule has 0 bridgehead atoms. The molecule has 1 atom stereocenters. The molecule has 150 valence electrons. The van der Waals surface area contributed by atoms with Crippen molar-refractivity contribution < 1.29 is 14.1 Å². The quantitative estimate of drug-likeness (QED) is 0.756. The van der Waals surface area contributed by atoms with E-state index in [9.17, 15) is 9.59 Å². The number of nitrogens with one attached hydrogen (secondary N) is 1. The van der Waals surface area contributed by atoms with Crippen molar-refractivity contribution in [2.45, 2.75) is 38.6 Å². The smallest absolute Gasteiger partial charge is 0.241 e. The van der Waals surface area contributed by atoms with Crippen molar-refractivity contribution >= 4 is 11.8 Å². The molecule has 3 heterocycles. The summed E-state index contributed by atoms with van der Waals surface area (Å²) in [5.74, 6) is 0.769. The minimum absolute atomic E-state index is 0.0243. The summed E-state index contributed by atoms with van der Waals surface area (Å²) in [5.41, 5.74) is 6.45. The Morgan fingerprint density at radius 3 is 2.71 bits per heavy atom. The number of rotatable bonds is 6. The van der Waals surface area contributed by atoms with E-state index < -0.39 is 6.04 Å². The van der Waals surface area contributed by atoms with E-state index in [0.717, 1.165) is 12.8 Å². The molecule has 1 aliphatic heterocycles. The lowest BCUT2D eigenvalue weighted by Gasteiger charge is -2.30. The van der Waals surface area contributed by atoms with Gasteiger partial charge in [0.2, 0.25) is 23.5 Å². The lowest BCUT2D eigenvalue weighted by molar-refractivity contribution is -0.134. The summed E-state index contributed by atoms with van der Waals surface area (Å²) in [7, 11) is 0. The molecule has 0 saturated carbocycles. The van der Waals surface area contributed by atoms with Gasteiger partial charge >= 0.3 is 0 Å². The fraction of sp³-hybridized carbons (Fsp3) is 0.526. The van der Waals surface area contributed by atoms with E-state index in [2.05, 4.69) is 20.4 Å². The van der Waals surface area contributed by atoms with Crippen molar-refractivity contribution in [2.75, 3.05) is 19.6 Å². The summed E-state index contributed by atoms with van der Waals surface area (Å²) in [6, 6.07) is 4.92. The van der Waals surface area contributed by atoms with Gasteiger partial charge < -0.3 is 20.5 Å². The Kier molecular flexibility index (Phi) is 6.35. The summed E-state index contributed by atoms with van der Waals surface area (Å²) in [6.07, 6.45) is 3.15. The number of hydrogen-bond acceptors (Lipinski definition) is 7. The van der Waals surface area contributed by atoms with E-state index >= 15 is 0 Å². The lowest BCUT2D eigenvalue weighted by atomic mass is 9.96. The fourth-order valence-electron chi connectivity index (χ4n) is 3.07. The third kappa shape index (κ3) is 4.72. The van der Waals surface area contributed by atoms with E-state index in [1.165, 1.54) is 0 Å². The molecule has 0 spiro atoms. The van der Waals surface area contributed by atoms with Crippen molar-refractivity contribution in [1.29, 1.82) is 0 Å². The average Bonchev–Trinajstić information content (AvgIpc) is 3.22. The van der Waals surface area contributed by atoms with Crippen LogP contribution in [0.3, 0.4) is 0 Å². The van der Waals surface area contributed by atoms with Crippen LogP contribution in [-0.4, -0.2) is 57.5 Å². The van der Waals surface area contributed by atoms with E-state index in [1.54, 1.807) is 11.1 Å². The molecular formula is C19H26N6O3. The van der Waals surface area contributed by atoms with Crippen LogP contribution in [0, 0.1) is 5.92 Å². The first-order valence-electron chi connectivity index (χ1n) is 9.51. The van der Waals surface area contributed by atoms with Crippen LogP contribution in [0.15, 0.2) is 28.9 Å². The zero-order chi connectivity index (χ0) is 20.1. The van der Waals surface area contributed by atoms with Gasteiger partial charge in [0.05, 0.1) is 12.6 Å². The first kappa shape index (κ1) is 19.9. The molecule has 1 aliphatic rings. The second-order valence-electron chi connectivity index (χ2n) is 7.31. The van der Waals surface area contributed by atoms with Crippen LogP contribution in [0.25, 0.3) is 11.5 Å². The normalized spacial score (nSPS) is 16.2. The van der Waals surface area contributed by atoms with Gasteiger partial charge in [0.15, 0.2) is 0 Å². The summed E-state index contributed by atoms with van der Waals surface area (Å²) >= 11 is 0. The van der Waals surface area contributed by atoms with Crippen LogP contribution in [0.1, 0.15) is 38.5 Å². The van der Waals surface area contributed by atoms with Gasteiger partial charge in [0.1, 0.15) is 5.69 Å². The van der Waals surface area contributed by atoms with Crippen LogP contribution in [0.4, 0.5) is 0 Å². The van der Waals surface area contributed by atoms with E-state index in [4.69, 9.17) is 10.3 Å². The number of piperidine rings is 1. The molecule has 0 unspecified atom stereocenters. The van der Waals surface area contributed by atoms with Crippen molar-refractivity contribution in [3.05, 3.63) is 30.3 Å². The molecule has 0 radical (unpaired) electrons. The summed E-state index contributed by atoms with van der Waals surface area (Å²) in [4.78, 5) is 34.6. The van der Waals surface area contributed by atoms with Gasteiger partial charge in [-0.05, 0) is 30.9 Å². The zero-order valence-corrected chi connectivity index (χ0v) is 16.2.